The van der Waals surface area contributed by atoms with Crippen LogP contribution in [0.5, 0.6) is 0 Å². The molecule has 4 aromatic rings. The summed E-state index contributed by atoms with van der Waals surface area (Å²) in [5.41, 5.74) is 7.29. The van der Waals surface area contributed by atoms with E-state index in [1.54, 1.807) is 0 Å². The van der Waals surface area contributed by atoms with Crippen LogP contribution in [0.2, 0.25) is 0 Å². The number of nitrogens with zero attached hydrogens (tertiary/aromatic N) is 2. The van der Waals surface area contributed by atoms with Crippen molar-refractivity contribution in [3.05, 3.63) is 71.3 Å². The molecule has 2 N–H and O–H groups in total. The number of nitrogens with one attached hydrogen (secondary N) is 2. The van der Waals surface area contributed by atoms with Crippen LogP contribution < -0.4 is 9.72 Å². The van der Waals surface area contributed by atoms with E-state index in [9.17, 15) is 5.26 Å². The van der Waals surface area contributed by atoms with Crippen molar-refractivity contribution in [1.82, 2.24) is 4.98 Å². The van der Waals surface area contributed by atoms with Crippen LogP contribution in [0, 0.1) is 11.3 Å². The number of hydrogen-bond donors (Lipinski definition) is 2. The molecule has 0 bridgehead atoms. The van der Waals surface area contributed by atoms with Gasteiger partial charge in [-0.15, -0.1) is 0 Å². The van der Waals surface area contributed by atoms with Crippen LogP contribution in [0.1, 0.15) is 23.1 Å². The molecule has 2 heterocycles. The molecule has 0 saturated heterocycles. The van der Waals surface area contributed by atoms with E-state index in [-0.39, 0.29) is 0 Å². The van der Waals surface area contributed by atoms with Gasteiger partial charge in [0.2, 0.25) is 11.5 Å². The molecule has 0 atom stereocenters. The Labute approximate surface area is 145 Å². The van der Waals surface area contributed by atoms with Gasteiger partial charge in [-0.2, -0.15) is 9.66 Å². The lowest BCUT2D eigenvalue weighted by Crippen LogP contribution is -2.28. The average molecular weight is 325 g/mol. The van der Waals surface area contributed by atoms with Gasteiger partial charge in [0.1, 0.15) is 22.7 Å². The van der Waals surface area contributed by atoms with Crippen molar-refractivity contribution in [3.63, 3.8) is 0 Å². The number of anilines is 2. The Morgan fingerprint density at radius 1 is 0.960 bits per heavy atom. The van der Waals surface area contributed by atoms with Gasteiger partial charge in [-0.1, -0.05) is 30.3 Å². The number of fused-ring (bicyclic) bond motifs is 4. The Balaban J connectivity index is 1.90. The quantitative estimate of drug-likeness (QED) is 0.547. The summed E-state index contributed by atoms with van der Waals surface area (Å²) in [4.78, 5) is 3.45. The predicted octanol–water partition coefficient (Wildman–Crippen LogP) is 4.01. The third-order valence-corrected chi connectivity index (χ3v) is 5.04. The number of pyridine rings is 1. The van der Waals surface area contributed by atoms with Crippen LogP contribution in [0.3, 0.4) is 0 Å². The molecule has 25 heavy (non-hydrogen) atoms. The number of imidazole rings is 1. The lowest BCUT2D eigenvalue weighted by atomic mass is 10.1. The fraction of sp³-hybridized carbons (Fsp3) is 0.143. The Morgan fingerprint density at radius 2 is 1.72 bits per heavy atom. The van der Waals surface area contributed by atoms with Crippen LogP contribution in [-0.2, 0) is 12.8 Å². The Bertz CT molecular complexity index is 1150. The van der Waals surface area contributed by atoms with Crippen LogP contribution in [0.25, 0.3) is 16.7 Å². The molecule has 0 radical (unpaired) electrons. The highest BCUT2D eigenvalue weighted by Crippen LogP contribution is 2.33. The molecule has 120 valence electrons. The van der Waals surface area contributed by atoms with Crippen molar-refractivity contribution >= 4 is 28.2 Å². The number of para-hydroxylation sites is 3. The molecule has 0 unspecified atom stereocenters. The van der Waals surface area contributed by atoms with E-state index < -0.39 is 0 Å². The van der Waals surface area contributed by atoms with Gasteiger partial charge in [-0.3, -0.25) is 10.3 Å². The van der Waals surface area contributed by atoms with Crippen molar-refractivity contribution in [2.45, 2.75) is 19.3 Å². The van der Waals surface area contributed by atoms with Crippen LogP contribution in [0.4, 0.5) is 11.5 Å². The normalized spacial score (nSPS) is 13.1. The SMILES string of the molecule is N#Cc1c2c(c(Nc3ccccc3)[n+]3c1[nH]c1ccccc13)CCC2. The minimum atomic E-state index is 0.780. The standard InChI is InChI=1S/C21H16N4/c22-13-17-15-9-6-10-16(15)20(23-14-7-2-1-3-8-14)25-19-12-5-4-11-18(19)24-21(17)25/h1-5,7-8,11-12H,6,9-10H2,(H,23,24)/p+1. The average Bonchev–Trinajstić information content (AvgIpc) is 3.27. The number of nitriles is 1. The summed E-state index contributed by atoms with van der Waals surface area (Å²) in [6, 6.07) is 20.9. The predicted molar refractivity (Wildman–Crippen MR) is 97.9 cm³/mol. The van der Waals surface area contributed by atoms with Gasteiger partial charge in [-0.05, 0) is 49.1 Å². The number of aromatic nitrogens is 2. The first-order valence-electron chi connectivity index (χ1n) is 8.59. The number of benzene rings is 2. The molecule has 0 amide bonds. The molecular weight excluding hydrogens is 308 g/mol. The number of hydrogen-bond acceptors (Lipinski definition) is 2. The third kappa shape index (κ3) is 2.03. The first-order chi connectivity index (χ1) is 12.4. The molecule has 2 aromatic heterocycles. The van der Waals surface area contributed by atoms with E-state index in [0.29, 0.717) is 0 Å². The largest absolute Gasteiger partial charge is 0.273 e. The van der Waals surface area contributed by atoms with Gasteiger partial charge in [0, 0.05) is 5.56 Å². The molecule has 1 aliphatic carbocycles. The van der Waals surface area contributed by atoms with Crippen LogP contribution in [0.15, 0.2) is 54.6 Å². The van der Waals surface area contributed by atoms with Crippen molar-refractivity contribution in [2.75, 3.05) is 5.32 Å². The second-order valence-corrected chi connectivity index (χ2v) is 6.46. The molecule has 4 heteroatoms. The second kappa shape index (κ2) is 5.35. The fourth-order valence-corrected chi connectivity index (χ4v) is 3.95. The monoisotopic (exact) mass is 325 g/mol. The molecule has 0 saturated carbocycles. The van der Waals surface area contributed by atoms with Crippen molar-refractivity contribution in [2.24, 2.45) is 0 Å². The second-order valence-electron chi connectivity index (χ2n) is 6.46. The summed E-state index contributed by atoms with van der Waals surface area (Å²) in [6.07, 6.45) is 3.06. The number of rotatable bonds is 2. The first kappa shape index (κ1) is 14.1. The summed E-state index contributed by atoms with van der Waals surface area (Å²) < 4.78 is 2.17. The smallest absolute Gasteiger partial charge is 0.250 e. The molecule has 4 nitrogen and oxygen atoms in total. The molecular formula is C21H17N4+. The van der Waals surface area contributed by atoms with E-state index in [2.05, 4.69) is 45.0 Å². The Morgan fingerprint density at radius 3 is 2.56 bits per heavy atom. The number of H-pyrrole nitrogens is 1. The van der Waals surface area contributed by atoms with Gasteiger partial charge >= 0.3 is 0 Å². The topological polar surface area (TPSA) is 55.7 Å². The summed E-state index contributed by atoms with van der Waals surface area (Å²) in [6.45, 7) is 0. The zero-order valence-electron chi connectivity index (χ0n) is 13.7. The highest BCUT2D eigenvalue weighted by Gasteiger charge is 2.29. The molecule has 2 aromatic carbocycles. The van der Waals surface area contributed by atoms with E-state index in [1.807, 2.05) is 30.3 Å². The molecule has 1 aliphatic rings. The lowest BCUT2D eigenvalue weighted by molar-refractivity contribution is -0.465. The van der Waals surface area contributed by atoms with E-state index >= 15 is 0 Å². The molecule has 0 aliphatic heterocycles. The zero-order valence-corrected chi connectivity index (χ0v) is 13.7. The highest BCUT2D eigenvalue weighted by atomic mass is 15.1. The molecule has 0 fully saturated rings. The minimum Gasteiger partial charge on any atom is -0.273 e. The lowest BCUT2D eigenvalue weighted by Gasteiger charge is -2.10. The van der Waals surface area contributed by atoms with Crippen molar-refractivity contribution in [3.8, 4) is 6.07 Å². The van der Waals surface area contributed by atoms with Gasteiger partial charge in [0.25, 0.3) is 0 Å². The number of aromatic amines is 1. The summed E-state index contributed by atoms with van der Waals surface area (Å²) in [5, 5.41) is 13.4. The van der Waals surface area contributed by atoms with Gasteiger partial charge in [-0.25, -0.2) is 0 Å². The zero-order chi connectivity index (χ0) is 16.8. The maximum absolute atomic E-state index is 9.80. The van der Waals surface area contributed by atoms with E-state index in [0.717, 1.165) is 53.0 Å². The molecule has 5 rings (SSSR count). The third-order valence-electron chi connectivity index (χ3n) is 5.04. The van der Waals surface area contributed by atoms with Crippen molar-refractivity contribution < 1.29 is 4.40 Å². The minimum absolute atomic E-state index is 0.780. The Hall–Kier alpha value is -3.32. The first-order valence-corrected chi connectivity index (χ1v) is 8.59. The van der Waals surface area contributed by atoms with Gasteiger partial charge in [0.05, 0.1) is 5.69 Å². The summed E-state index contributed by atoms with van der Waals surface area (Å²) >= 11 is 0. The van der Waals surface area contributed by atoms with E-state index in [4.69, 9.17) is 0 Å². The maximum atomic E-state index is 9.80. The van der Waals surface area contributed by atoms with Gasteiger partial charge < -0.3 is 0 Å². The van der Waals surface area contributed by atoms with Crippen LogP contribution in [-0.4, -0.2) is 4.98 Å². The maximum Gasteiger partial charge on any atom is 0.250 e. The van der Waals surface area contributed by atoms with Crippen molar-refractivity contribution in [1.29, 1.82) is 5.26 Å². The summed E-state index contributed by atoms with van der Waals surface area (Å²) in [5.74, 6) is 1.07. The highest BCUT2D eigenvalue weighted by molar-refractivity contribution is 5.79. The molecule has 0 spiro atoms. The van der Waals surface area contributed by atoms with Gasteiger partial charge in [0.15, 0.2) is 0 Å². The van der Waals surface area contributed by atoms with Crippen LogP contribution >= 0.6 is 0 Å². The summed E-state index contributed by atoms with van der Waals surface area (Å²) in [7, 11) is 0. The Kier molecular flexibility index (Phi) is 3.01. The van der Waals surface area contributed by atoms with E-state index in [1.165, 1.54) is 11.1 Å². The fourth-order valence-electron chi connectivity index (χ4n) is 3.95.